The molecule has 4 rings (SSSR count). The van der Waals surface area contributed by atoms with E-state index >= 15 is 0 Å². The van der Waals surface area contributed by atoms with Gasteiger partial charge >= 0.3 is 6.03 Å². The summed E-state index contributed by atoms with van der Waals surface area (Å²) in [5.74, 6) is 0.834. The number of urea groups is 1. The van der Waals surface area contributed by atoms with Crippen LogP contribution in [0.5, 0.6) is 0 Å². The number of amides is 2. The number of rotatable bonds is 7. The van der Waals surface area contributed by atoms with E-state index in [0.29, 0.717) is 22.9 Å². The summed E-state index contributed by atoms with van der Waals surface area (Å²) in [6.45, 7) is 2.79. The SMILES string of the molecule is CC(c1ccc2c(c1NC(=O)NS(=O)(=O)c1sc(C(C)(O)CO)cc1C#N)CC2)C1CC1. The lowest BCUT2D eigenvalue weighted by molar-refractivity contribution is 0.000780. The number of nitriles is 1. The van der Waals surface area contributed by atoms with Crippen LogP contribution in [0.3, 0.4) is 0 Å². The molecule has 1 fully saturated rings. The number of thiophene rings is 1. The molecule has 2 amide bonds. The predicted molar refractivity (Wildman–Crippen MR) is 120 cm³/mol. The van der Waals surface area contributed by atoms with Gasteiger partial charge in [-0.2, -0.15) is 5.26 Å². The Morgan fingerprint density at radius 3 is 2.66 bits per heavy atom. The van der Waals surface area contributed by atoms with E-state index in [1.54, 1.807) is 6.07 Å². The van der Waals surface area contributed by atoms with Gasteiger partial charge in [0.2, 0.25) is 0 Å². The first-order valence-corrected chi connectivity index (χ1v) is 12.7. The van der Waals surface area contributed by atoms with Gasteiger partial charge < -0.3 is 15.5 Å². The quantitative estimate of drug-likeness (QED) is 0.485. The number of aryl methyl sites for hydroxylation is 1. The van der Waals surface area contributed by atoms with E-state index < -0.39 is 28.3 Å². The normalized spacial score (nSPS) is 18.0. The maximum absolute atomic E-state index is 12.9. The van der Waals surface area contributed by atoms with Crippen LogP contribution >= 0.6 is 11.3 Å². The molecule has 1 heterocycles. The number of nitrogens with one attached hydrogen (secondary N) is 2. The standard InChI is InChI=1S/C22H25N3O5S2/c1-12(13-3-4-13)16-7-5-14-6-8-17(14)19(16)24-21(27)25-32(29,30)20-15(10-23)9-18(31-20)22(2,28)11-26/h5,7,9,12-13,26,28H,3-4,6,8,11H2,1-2H3,(H2,24,25,27). The Kier molecular flexibility index (Phi) is 5.79. The first kappa shape index (κ1) is 22.7. The van der Waals surface area contributed by atoms with Crippen molar-refractivity contribution in [2.45, 2.75) is 55.3 Å². The molecule has 2 unspecified atom stereocenters. The van der Waals surface area contributed by atoms with E-state index in [1.807, 2.05) is 10.8 Å². The molecule has 1 aromatic carbocycles. The molecule has 0 bridgehead atoms. The van der Waals surface area contributed by atoms with E-state index in [2.05, 4.69) is 18.3 Å². The van der Waals surface area contributed by atoms with Crippen LogP contribution in [0.2, 0.25) is 0 Å². The number of sulfonamides is 1. The van der Waals surface area contributed by atoms with Crippen molar-refractivity contribution in [3.8, 4) is 6.07 Å². The maximum atomic E-state index is 12.9. The van der Waals surface area contributed by atoms with E-state index in [0.717, 1.165) is 42.4 Å². The number of aliphatic hydroxyl groups is 2. The highest BCUT2D eigenvalue weighted by atomic mass is 32.2. The van der Waals surface area contributed by atoms with Crippen LogP contribution in [0.1, 0.15) is 59.7 Å². The van der Waals surface area contributed by atoms with Gasteiger partial charge in [-0.15, -0.1) is 11.3 Å². The molecule has 10 heteroatoms. The number of hydrogen-bond acceptors (Lipinski definition) is 7. The molecule has 8 nitrogen and oxygen atoms in total. The van der Waals surface area contributed by atoms with Crippen molar-refractivity contribution in [3.63, 3.8) is 0 Å². The molecule has 4 N–H and O–H groups in total. The minimum atomic E-state index is -4.37. The monoisotopic (exact) mass is 475 g/mol. The first-order valence-electron chi connectivity index (χ1n) is 10.4. The lowest BCUT2D eigenvalue weighted by Gasteiger charge is -2.27. The molecule has 0 radical (unpaired) electrons. The Labute approximate surface area is 190 Å². The Morgan fingerprint density at radius 2 is 2.09 bits per heavy atom. The van der Waals surface area contributed by atoms with Crippen molar-refractivity contribution in [3.05, 3.63) is 45.3 Å². The molecular weight excluding hydrogens is 450 g/mol. The van der Waals surface area contributed by atoms with Crippen molar-refractivity contribution in [1.82, 2.24) is 4.72 Å². The number of benzene rings is 1. The topological polar surface area (TPSA) is 140 Å². The van der Waals surface area contributed by atoms with Crippen LogP contribution in [0.4, 0.5) is 10.5 Å². The van der Waals surface area contributed by atoms with Crippen molar-refractivity contribution < 1.29 is 23.4 Å². The summed E-state index contributed by atoms with van der Waals surface area (Å²) in [7, 11) is -4.37. The molecule has 2 aliphatic rings. The molecule has 0 aliphatic heterocycles. The second kappa shape index (κ2) is 8.15. The summed E-state index contributed by atoms with van der Waals surface area (Å²) in [5.41, 5.74) is 1.97. The number of carbonyl (C=O) groups excluding carboxylic acids is 1. The number of carbonyl (C=O) groups is 1. The number of aliphatic hydroxyl groups excluding tert-OH is 1. The fraction of sp³-hybridized carbons (Fsp3) is 0.455. The first-order chi connectivity index (χ1) is 15.1. The maximum Gasteiger partial charge on any atom is 0.333 e. The van der Waals surface area contributed by atoms with Gasteiger partial charge in [0.15, 0.2) is 4.21 Å². The van der Waals surface area contributed by atoms with Crippen LogP contribution < -0.4 is 10.0 Å². The summed E-state index contributed by atoms with van der Waals surface area (Å²) >= 11 is 0.645. The summed E-state index contributed by atoms with van der Waals surface area (Å²) in [6.07, 6.45) is 4.05. The van der Waals surface area contributed by atoms with Crippen molar-refractivity contribution >= 4 is 33.1 Å². The highest BCUT2D eigenvalue weighted by Gasteiger charge is 2.34. The van der Waals surface area contributed by atoms with E-state index in [4.69, 9.17) is 0 Å². The molecule has 1 aromatic heterocycles. The van der Waals surface area contributed by atoms with Crippen LogP contribution in [0.15, 0.2) is 22.4 Å². The predicted octanol–water partition coefficient (Wildman–Crippen LogP) is 2.94. The fourth-order valence-electron chi connectivity index (χ4n) is 3.99. The van der Waals surface area contributed by atoms with Gasteiger partial charge in [0.1, 0.15) is 11.7 Å². The van der Waals surface area contributed by atoms with Gasteiger partial charge in [0.25, 0.3) is 10.0 Å². The molecule has 170 valence electrons. The highest BCUT2D eigenvalue weighted by molar-refractivity contribution is 7.92. The summed E-state index contributed by atoms with van der Waals surface area (Å²) in [6, 6.07) is 6.18. The Bertz CT molecular complexity index is 1220. The minimum Gasteiger partial charge on any atom is -0.393 e. The molecular formula is C22H25N3O5S2. The molecule has 0 saturated heterocycles. The van der Waals surface area contributed by atoms with Gasteiger partial charge in [0.05, 0.1) is 12.2 Å². The van der Waals surface area contributed by atoms with Crippen LogP contribution in [0, 0.1) is 17.2 Å². The van der Waals surface area contributed by atoms with Gasteiger partial charge in [0, 0.05) is 10.6 Å². The smallest absolute Gasteiger partial charge is 0.333 e. The van der Waals surface area contributed by atoms with Crippen LogP contribution in [-0.4, -0.2) is 31.3 Å². The average Bonchev–Trinajstić information content (AvgIpc) is 3.45. The Balaban J connectivity index is 1.59. The summed E-state index contributed by atoms with van der Waals surface area (Å²) in [4.78, 5) is 12.9. The van der Waals surface area contributed by atoms with Crippen LogP contribution in [-0.2, 0) is 28.5 Å². The second-order valence-corrected chi connectivity index (χ2v) is 11.6. The van der Waals surface area contributed by atoms with Crippen molar-refractivity contribution in [2.75, 3.05) is 11.9 Å². The fourth-order valence-corrected chi connectivity index (χ4v) is 6.48. The zero-order chi connectivity index (χ0) is 23.3. The molecule has 32 heavy (non-hydrogen) atoms. The van der Waals surface area contributed by atoms with Crippen molar-refractivity contribution in [1.29, 1.82) is 5.26 Å². The van der Waals surface area contributed by atoms with Gasteiger partial charge in [-0.05, 0) is 67.2 Å². The molecule has 2 atom stereocenters. The molecule has 1 saturated carbocycles. The van der Waals surface area contributed by atoms with E-state index in [9.17, 15) is 28.7 Å². The van der Waals surface area contributed by atoms with Gasteiger partial charge in [-0.25, -0.2) is 17.9 Å². The van der Waals surface area contributed by atoms with Crippen molar-refractivity contribution in [2.24, 2.45) is 5.92 Å². The number of fused-ring (bicyclic) bond motifs is 1. The Morgan fingerprint density at radius 1 is 1.38 bits per heavy atom. The van der Waals surface area contributed by atoms with E-state index in [1.165, 1.54) is 13.0 Å². The number of hydrogen-bond donors (Lipinski definition) is 4. The minimum absolute atomic E-state index is 0.113. The number of nitrogens with zero attached hydrogens (tertiary/aromatic N) is 1. The highest BCUT2D eigenvalue weighted by Crippen LogP contribution is 2.46. The lowest BCUT2D eigenvalue weighted by atomic mass is 9.82. The van der Waals surface area contributed by atoms with Gasteiger partial charge in [-0.1, -0.05) is 19.1 Å². The molecule has 2 aliphatic carbocycles. The molecule has 0 spiro atoms. The zero-order valence-corrected chi connectivity index (χ0v) is 19.4. The lowest BCUT2D eigenvalue weighted by Crippen LogP contribution is -2.35. The summed E-state index contributed by atoms with van der Waals surface area (Å²) < 4.78 is 27.4. The third-order valence-corrected chi connectivity index (χ3v) is 9.53. The van der Waals surface area contributed by atoms with Gasteiger partial charge in [-0.3, -0.25) is 0 Å². The van der Waals surface area contributed by atoms with Crippen LogP contribution in [0.25, 0.3) is 0 Å². The third kappa shape index (κ3) is 4.13. The van der Waals surface area contributed by atoms with E-state index in [-0.39, 0.29) is 20.6 Å². The molecule has 2 aromatic rings. The third-order valence-electron chi connectivity index (χ3n) is 6.27. The largest absolute Gasteiger partial charge is 0.393 e. The summed E-state index contributed by atoms with van der Waals surface area (Å²) in [5, 5.41) is 31.7. The second-order valence-electron chi connectivity index (χ2n) is 8.71. The number of anilines is 1. The Hall–Kier alpha value is -2.45. The average molecular weight is 476 g/mol. The zero-order valence-electron chi connectivity index (χ0n) is 17.8.